The summed E-state index contributed by atoms with van der Waals surface area (Å²) in [5.41, 5.74) is 0.658. The first-order valence-electron chi connectivity index (χ1n) is 4.35. The molecular formula is C10H13BrFNO. The molecule has 0 aliphatic rings. The Hall–Kier alpha value is -0.610. The fourth-order valence-corrected chi connectivity index (χ4v) is 1.69. The zero-order chi connectivity index (χ0) is 10.6. The Labute approximate surface area is 91.6 Å². The summed E-state index contributed by atoms with van der Waals surface area (Å²) in [6.07, 6.45) is 0.651. The van der Waals surface area contributed by atoms with Gasteiger partial charge in [-0.15, -0.1) is 0 Å². The molecule has 0 fully saturated rings. The second kappa shape index (κ2) is 5.32. The fourth-order valence-electron chi connectivity index (χ4n) is 1.21. The van der Waals surface area contributed by atoms with Crippen LogP contribution in [0.1, 0.15) is 5.56 Å². The van der Waals surface area contributed by atoms with Gasteiger partial charge in [-0.2, -0.15) is 0 Å². The van der Waals surface area contributed by atoms with Crippen molar-refractivity contribution in [2.24, 2.45) is 0 Å². The van der Waals surface area contributed by atoms with Gasteiger partial charge in [0.1, 0.15) is 0 Å². The SMILES string of the molecule is CNCCc1cc(Br)cc(OC)c1F. The zero-order valence-corrected chi connectivity index (χ0v) is 9.82. The number of ether oxygens (including phenoxy) is 1. The lowest BCUT2D eigenvalue weighted by Gasteiger charge is -2.08. The van der Waals surface area contributed by atoms with E-state index in [9.17, 15) is 4.39 Å². The Balaban J connectivity index is 2.96. The van der Waals surface area contributed by atoms with Crippen molar-refractivity contribution < 1.29 is 9.13 Å². The molecule has 2 nitrogen and oxygen atoms in total. The largest absolute Gasteiger partial charge is 0.494 e. The van der Waals surface area contributed by atoms with Crippen LogP contribution < -0.4 is 10.1 Å². The Morgan fingerprint density at radius 3 is 2.79 bits per heavy atom. The van der Waals surface area contributed by atoms with Gasteiger partial charge in [-0.3, -0.25) is 0 Å². The third-order valence-electron chi connectivity index (χ3n) is 1.94. The Bertz CT molecular complexity index is 317. The van der Waals surface area contributed by atoms with Gasteiger partial charge in [0, 0.05) is 4.47 Å². The number of nitrogens with one attached hydrogen (secondary N) is 1. The number of hydrogen-bond acceptors (Lipinski definition) is 2. The van der Waals surface area contributed by atoms with E-state index in [0.29, 0.717) is 12.0 Å². The quantitative estimate of drug-likeness (QED) is 0.899. The van der Waals surface area contributed by atoms with Gasteiger partial charge < -0.3 is 10.1 Å². The van der Waals surface area contributed by atoms with Gasteiger partial charge in [-0.25, -0.2) is 4.39 Å². The van der Waals surface area contributed by atoms with Gasteiger partial charge in [0.2, 0.25) is 0 Å². The molecule has 0 saturated carbocycles. The summed E-state index contributed by atoms with van der Waals surface area (Å²) in [5.74, 6) is 0.0106. The Morgan fingerprint density at radius 2 is 2.21 bits per heavy atom. The van der Waals surface area contributed by atoms with Gasteiger partial charge >= 0.3 is 0 Å². The highest BCUT2D eigenvalue weighted by Crippen LogP contribution is 2.26. The number of rotatable bonds is 4. The lowest BCUT2D eigenvalue weighted by molar-refractivity contribution is 0.383. The van der Waals surface area contributed by atoms with Crippen LogP contribution in [0, 0.1) is 5.82 Å². The highest BCUT2D eigenvalue weighted by molar-refractivity contribution is 9.10. The first-order valence-corrected chi connectivity index (χ1v) is 5.15. The molecule has 0 bridgehead atoms. The lowest BCUT2D eigenvalue weighted by Crippen LogP contribution is -2.11. The molecule has 1 N–H and O–H groups in total. The summed E-state index contributed by atoms with van der Waals surface area (Å²) >= 11 is 3.31. The molecule has 0 heterocycles. The van der Waals surface area contributed by atoms with Crippen molar-refractivity contribution in [3.8, 4) is 5.75 Å². The molecular weight excluding hydrogens is 249 g/mol. The van der Waals surface area contributed by atoms with Crippen LogP contribution >= 0.6 is 15.9 Å². The molecule has 4 heteroatoms. The standard InChI is InChI=1S/C10H13BrFNO/c1-13-4-3-7-5-8(11)6-9(14-2)10(7)12/h5-6,13H,3-4H2,1-2H3. The lowest BCUT2D eigenvalue weighted by atomic mass is 10.1. The third kappa shape index (κ3) is 2.69. The number of likely N-dealkylation sites (N-methyl/N-ethyl adjacent to an activating group) is 1. The van der Waals surface area contributed by atoms with E-state index < -0.39 is 0 Å². The minimum absolute atomic E-state index is 0.272. The van der Waals surface area contributed by atoms with Crippen LogP contribution in [-0.2, 0) is 6.42 Å². The van der Waals surface area contributed by atoms with Gasteiger partial charge in [-0.1, -0.05) is 15.9 Å². The summed E-state index contributed by atoms with van der Waals surface area (Å²) in [6, 6.07) is 3.40. The highest BCUT2D eigenvalue weighted by atomic mass is 79.9. The molecule has 0 radical (unpaired) electrons. The van der Waals surface area contributed by atoms with Gasteiger partial charge in [0.05, 0.1) is 7.11 Å². The first-order chi connectivity index (χ1) is 6.69. The minimum Gasteiger partial charge on any atom is -0.494 e. The molecule has 0 aliphatic heterocycles. The average molecular weight is 262 g/mol. The van der Waals surface area contributed by atoms with E-state index in [1.165, 1.54) is 7.11 Å². The fraction of sp³-hybridized carbons (Fsp3) is 0.400. The summed E-state index contributed by atoms with van der Waals surface area (Å²) in [7, 11) is 3.31. The molecule has 14 heavy (non-hydrogen) atoms. The maximum absolute atomic E-state index is 13.6. The van der Waals surface area contributed by atoms with Crippen molar-refractivity contribution >= 4 is 15.9 Å². The van der Waals surface area contributed by atoms with E-state index in [2.05, 4.69) is 21.2 Å². The van der Waals surface area contributed by atoms with Crippen molar-refractivity contribution in [3.63, 3.8) is 0 Å². The van der Waals surface area contributed by atoms with Crippen LogP contribution in [0.3, 0.4) is 0 Å². The predicted molar refractivity (Wildman–Crippen MR) is 58.3 cm³/mol. The molecule has 0 saturated heterocycles. The number of hydrogen-bond donors (Lipinski definition) is 1. The maximum atomic E-state index is 13.6. The molecule has 0 aromatic heterocycles. The van der Waals surface area contributed by atoms with Crippen LogP contribution in [-0.4, -0.2) is 20.7 Å². The summed E-state index contributed by atoms with van der Waals surface area (Å²) in [4.78, 5) is 0. The highest BCUT2D eigenvalue weighted by Gasteiger charge is 2.09. The molecule has 0 amide bonds. The van der Waals surface area contributed by atoms with Crippen LogP contribution in [0.2, 0.25) is 0 Å². The van der Waals surface area contributed by atoms with Crippen molar-refractivity contribution in [3.05, 3.63) is 28.0 Å². The predicted octanol–water partition coefficient (Wildman–Crippen LogP) is 2.36. The normalized spacial score (nSPS) is 10.3. The molecule has 1 rings (SSSR count). The molecule has 0 aliphatic carbocycles. The molecule has 1 aromatic rings. The van der Waals surface area contributed by atoms with Crippen LogP contribution in [0.4, 0.5) is 4.39 Å². The van der Waals surface area contributed by atoms with Crippen LogP contribution in [0.15, 0.2) is 16.6 Å². The second-order valence-electron chi connectivity index (χ2n) is 2.93. The van der Waals surface area contributed by atoms with Crippen LogP contribution in [0.5, 0.6) is 5.75 Å². The van der Waals surface area contributed by atoms with E-state index in [1.54, 1.807) is 12.1 Å². The van der Waals surface area contributed by atoms with E-state index in [-0.39, 0.29) is 11.6 Å². The molecule has 0 atom stereocenters. The molecule has 0 spiro atoms. The van der Waals surface area contributed by atoms with E-state index in [1.807, 2.05) is 7.05 Å². The smallest absolute Gasteiger partial charge is 0.168 e. The maximum Gasteiger partial charge on any atom is 0.168 e. The van der Waals surface area contributed by atoms with E-state index >= 15 is 0 Å². The number of benzene rings is 1. The van der Waals surface area contributed by atoms with E-state index in [0.717, 1.165) is 11.0 Å². The molecule has 78 valence electrons. The number of halogens is 2. The zero-order valence-electron chi connectivity index (χ0n) is 8.23. The van der Waals surface area contributed by atoms with Crippen molar-refractivity contribution in [2.75, 3.05) is 20.7 Å². The second-order valence-corrected chi connectivity index (χ2v) is 3.85. The first kappa shape index (κ1) is 11.5. The van der Waals surface area contributed by atoms with Gasteiger partial charge in [0.25, 0.3) is 0 Å². The van der Waals surface area contributed by atoms with Crippen molar-refractivity contribution in [1.82, 2.24) is 5.32 Å². The average Bonchev–Trinajstić information content (AvgIpc) is 2.18. The van der Waals surface area contributed by atoms with Gasteiger partial charge in [0.15, 0.2) is 11.6 Å². The Kier molecular flexibility index (Phi) is 4.35. The molecule has 0 unspecified atom stereocenters. The van der Waals surface area contributed by atoms with Crippen LogP contribution in [0.25, 0.3) is 0 Å². The van der Waals surface area contributed by atoms with Crippen molar-refractivity contribution in [2.45, 2.75) is 6.42 Å². The third-order valence-corrected chi connectivity index (χ3v) is 2.40. The summed E-state index contributed by atoms with van der Waals surface area (Å²) in [6.45, 7) is 0.747. The number of methoxy groups -OCH3 is 1. The van der Waals surface area contributed by atoms with Gasteiger partial charge in [-0.05, 0) is 37.7 Å². The van der Waals surface area contributed by atoms with E-state index in [4.69, 9.17) is 4.74 Å². The molecule has 1 aromatic carbocycles. The summed E-state index contributed by atoms with van der Waals surface area (Å²) < 4.78 is 19.4. The Morgan fingerprint density at radius 1 is 1.50 bits per heavy atom. The summed E-state index contributed by atoms with van der Waals surface area (Å²) in [5, 5.41) is 2.98. The minimum atomic E-state index is -0.272. The monoisotopic (exact) mass is 261 g/mol. The topological polar surface area (TPSA) is 21.3 Å². The van der Waals surface area contributed by atoms with Crippen molar-refractivity contribution in [1.29, 1.82) is 0 Å².